The van der Waals surface area contributed by atoms with Crippen LogP contribution in [0, 0.1) is 0 Å². The summed E-state index contributed by atoms with van der Waals surface area (Å²) < 4.78 is 1.89. The summed E-state index contributed by atoms with van der Waals surface area (Å²) in [7, 11) is 0. The van der Waals surface area contributed by atoms with Crippen LogP contribution in [0.25, 0.3) is 0 Å². The number of rotatable bonds is 3. The van der Waals surface area contributed by atoms with E-state index in [1.807, 2.05) is 10.9 Å². The second-order valence-corrected chi connectivity index (χ2v) is 4.53. The third kappa shape index (κ3) is 2.06. The Bertz CT molecular complexity index is 336. The minimum Gasteiger partial charge on any atom is -0.385 e. The Hall–Kier alpha value is -0.870. The van der Waals surface area contributed by atoms with Crippen LogP contribution in [0.3, 0.4) is 0 Å². The van der Waals surface area contributed by atoms with E-state index >= 15 is 0 Å². The number of aryl methyl sites for hydroxylation is 1. The molecule has 2 rings (SSSR count). The lowest BCUT2D eigenvalue weighted by Crippen LogP contribution is -2.24. The van der Waals surface area contributed by atoms with E-state index in [0.29, 0.717) is 6.42 Å². The molecule has 0 spiro atoms. The van der Waals surface area contributed by atoms with Crippen LogP contribution in [0.4, 0.5) is 0 Å². The van der Waals surface area contributed by atoms with Crippen molar-refractivity contribution in [1.82, 2.24) is 9.78 Å². The maximum atomic E-state index is 10.4. The van der Waals surface area contributed by atoms with Gasteiger partial charge in [-0.15, -0.1) is 0 Å². The van der Waals surface area contributed by atoms with Gasteiger partial charge in [-0.25, -0.2) is 0 Å². The molecule has 4 nitrogen and oxygen atoms in total. The van der Waals surface area contributed by atoms with Gasteiger partial charge in [0.2, 0.25) is 0 Å². The average molecular weight is 209 g/mol. The fraction of sp³-hybridized carbons (Fsp3) is 0.727. The molecule has 84 valence electrons. The van der Waals surface area contributed by atoms with Gasteiger partial charge in [0.1, 0.15) is 0 Å². The lowest BCUT2D eigenvalue weighted by Gasteiger charge is -2.20. The molecular formula is C11H19N3O. The number of aromatic nitrogens is 2. The van der Waals surface area contributed by atoms with Crippen LogP contribution in [-0.2, 0) is 12.1 Å². The fourth-order valence-corrected chi connectivity index (χ4v) is 2.28. The first-order chi connectivity index (χ1) is 7.14. The van der Waals surface area contributed by atoms with Crippen molar-refractivity contribution in [1.29, 1.82) is 0 Å². The minimum absolute atomic E-state index is 0.129. The van der Waals surface area contributed by atoms with E-state index in [1.165, 1.54) is 0 Å². The first-order valence-electron chi connectivity index (χ1n) is 5.65. The number of nitrogens with two attached hydrogens (primary N) is 1. The first-order valence-corrected chi connectivity index (χ1v) is 5.65. The van der Waals surface area contributed by atoms with Gasteiger partial charge in [0, 0.05) is 24.3 Å². The van der Waals surface area contributed by atoms with Crippen LogP contribution in [0.2, 0.25) is 0 Å². The lowest BCUT2D eigenvalue weighted by atomic mass is 9.95. The molecule has 3 N–H and O–H groups in total. The van der Waals surface area contributed by atoms with Gasteiger partial charge in [-0.1, -0.05) is 6.92 Å². The summed E-state index contributed by atoms with van der Waals surface area (Å²) in [6.07, 6.45) is 7.08. The van der Waals surface area contributed by atoms with Crippen LogP contribution < -0.4 is 5.73 Å². The van der Waals surface area contributed by atoms with Crippen molar-refractivity contribution in [2.45, 2.75) is 50.8 Å². The van der Waals surface area contributed by atoms with E-state index < -0.39 is 5.60 Å². The van der Waals surface area contributed by atoms with Crippen molar-refractivity contribution < 1.29 is 5.11 Å². The standard InChI is InChI=1S/C11H19N3O/c1-2-5-14-8-9(7-13-14)11(15)4-3-10(12)6-11/h7-8,10,15H,2-6,12H2,1H3. The van der Waals surface area contributed by atoms with E-state index in [1.54, 1.807) is 6.20 Å². The smallest absolute Gasteiger partial charge is 0.0942 e. The highest BCUT2D eigenvalue weighted by molar-refractivity contribution is 5.18. The highest BCUT2D eigenvalue weighted by Gasteiger charge is 2.38. The molecule has 0 aromatic carbocycles. The van der Waals surface area contributed by atoms with Crippen LogP contribution >= 0.6 is 0 Å². The summed E-state index contributed by atoms with van der Waals surface area (Å²) in [6, 6.07) is 0.129. The summed E-state index contributed by atoms with van der Waals surface area (Å²) in [5.41, 5.74) is 6.02. The molecule has 0 radical (unpaired) electrons. The monoisotopic (exact) mass is 209 g/mol. The number of aliphatic hydroxyl groups is 1. The maximum Gasteiger partial charge on any atom is 0.0942 e. The summed E-state index contributed by atoms with van der Waals surface area (Å²) in [4.78, 5) is 0. The van der Waals surface area contributed by atoms with E-state index in [2.05, 4.69) is 12.0 Å². The molecule has 0 bridgehead atoms. The van der Waals surface area contributed by atoms with Gasteiger partial charge in [0.15, 0.2) is 0 Å². The zero-order chi connectivity index (χ0) is 10.9. The highest BCUT2D eigenvalue weighted by atomic mass is 16.3. The molecule has 1 saturated carbocycles. The van der Waals surface area contributed by atoms with Gasteiger partial charge in [0.05, 0.1) is 11.8 Å². The first kappa shape index (κ1) is 10.6. The van der Waals surface area contributed by atoms with Gasteiger partial charge in [0.25, 0.3) is 0 Å². The Morgan fingerprint density at radius 1 is 1.73 bits per heavy atom. The second kappa shape index (κ2) is 3.94. The van der Waals surface area contributed by atoms with Crippen LogP contribution in [0.15, 0.2) is 12.4 Å². The molecule has 1 fully saturated rings. The van der Waals surface area contributed by atoms with E-state index in [9.17, 15) is 5.11 Å². The van der Waals surface area contributed by atoms with Crippen molar-refractivity contribution in [3.63, 3.8) is 0 Å². The van der Waals surface area contributed by atoms with Crippen molar-refractivity contribution in [3.05, 3.63) is 18.0 Å². The minimum atomic E-state index is -0.731. The number of hydrogen-bond acceptors (Lipinski definition) is 3. The molecule has 2 atom stereocenters. The Labute approximate surface area is 90.1 Å². The van der Waals surface area contributed by atoms with Gasteiger partial charge >= 0.3 is 0 Å². The SMILES string of the molecule is CCCn1cc(C2(O)CCC(N)C2)cn1. The summed E-state index contributed by atoms with van der Waals surface area (Å²) in [5, 5.41) is 14.6. The lowest BCUT2D eigenvalue weighted by molar-refractivity contribution is 0.0430. The van der Waals surface area contributed by atoms with Crippen molar-refractivity contribution >= 4 is 0 Å². The Balaban J connectivity index is 2.14. The summed E-state index contributed by atoms with van der Waals surface area (Å²) in [5.74, 6) is 0. The molecular weight excluding hydrogens is 190 g/mol. The molecule has 1 aromatic rings. The third-order valence-corrected chi connectivity index (χ3v) is 3.15. The molecule has 15 heavy (non-hydrogen) atoms. The topological polar surface area (TPSA) is 64.1 Å². The molecule has 4 heteroatoms. The van der Waals surface area contributed by atoms with Gasteiger partial charge in [-0.2, -0.15) is 5.10 Å². The Morgan fingerprint density at radius 2 is 2.53 bits per heavy atom. The average Bonchev–Trinajstić information content (AvgIpc) is 2.75. The van der Waals surface area contributed by atoms with E-state index in [4.69, 9.17) is 5.73 Å². The van der Waals surface area contributed by atoms with Crippen molar-refractivity contribution in [3.8, 4) is 0 Å². The van der Waals surface area contributed by atoms with Crippen LogP contribution in [0.5, 0.6) is 0 Å². The highest BCUT2D eigenvalue weighted by Crippen LogP contribution is 2.37. The van der Waals surface area contributed by atoms with Gasteiger partial charge < -0.3 is 10.8 Å². The Kier molecular flexibility index (Phi) is 2.80. The molecule has 1 aliphatic rings. The normalized spacial score (nSPS) is 31.0. The van der Waals surface area contributed by atoms with E-state index in [0.717, 1.165) is 31.4 Å². The molecule has 1 heterocycles. The van der Waals surface area contributed by atoms with Crippen molar-refractivity contribution in [2.24, 2.45) is 5.73 Å². The predicted octanol–water partition coefficient (Wildman–Crippen LogP) is 0.992. The molecule has 2 unspecified atom stereocenters. The summed E-state index contributed by atoms with van der Waals surface area (Å²) >= 11 is 0. The summed E-state index contributed by atoms with van der Waals surface area (Å²) in [6.45, 7) is 3.02. The maximum absolute atomic E-state index is 10.4. The predicted molar refractivity (Wildman–Crippen MR) is 58.2 cm³/mol. The fourth-order valence-electron chi connectivity index (χ4n) is 2.28. The van der Waals surface area contributed by atoms with Gasteiger partial charge in [-0.05, 0) is 25.7 Å². The zero-order valence-electron chi connectivity index (χ0n) is 9.19. The van der Waals surface area contributed by atoms with Gasteiger partial charge in [-0.3, -0.25) is 4.68 Å². The largest absolute Gasteiger partial charge is 0.385 e. The van der Waals surface area contributed by atoms with E-state index in [-0.39, 0.29) is 6.04 Å². The third-order valence-electron chi connectivity index (χ3n) is 3.15. The molecule has 0 amide bonds. The molecule has 1 aliphatic carbocycles. The Morgan fingerprint density at radius 3 is 3.13 bits per heavy atom. The molecule has 0 saturated heterocycles. The molecule has 1 aromatic heterocycles. The quantitative estimate of drug-likeness (QED) is 0.780. The van der Waals surface area contributed by atoms with Crippen molar-refractivity contribution in [2.75, 3.05) is 0 Å². The van der Waals surface area contributed by atoms with Crippen LogP contribution in [0.1, 0.15) is 38.2 Å². The van der Waals surface area contributed by atoms with Crippen LogP contribution in [-0.4, -0.2) is 20.9 Å². The number of hydrogen-bond donors (Lipinski definition) is 2. The second-order valence-electron chi connectivity index (χ2n) is 4.53. The molecule has 0 aliphatic heterocycles. The number of nitrogens with zero attached hydrogens (tertiary/aromatic N) is 2. The zero-order valence-corrected chi connectivity index (χ0v) is 9.19.